The monoisotopic (exact) mass is 901 g/mol. The summed E-state index contributed by atoms with van der Waals surface area (Å²) < 4.78 is 16.0. The van der Waals surface area contributed by atoms with Gasteiger partial charge in [0.1, 0.15) is 0 Å². The summed E-state index contributed by atoms with van der Waals surface area (Å²) in [5.74, 6) is 0.560. The number of hydrogen-bond donors (Lipinski definition) is 0. The number of aryl methyl sites for hydroxylation is 3. The molecule has 0 amide bonds. The zero-order valence-electron chi connectivity index (χ0n) is 40.4. The molecule has 3 aromatic carbocycles. The van der Waals surface area contributed by atoms with Crippen molar-refractivity contribution < 1.29 is 28.6 Å². The molecule has 0 aliphatic carbocycles. The molecule has 1 heterocycles. The van der Waals surface area contributed by atoms with Crippen LogP contribution in [0.5, 0.6) is 0 Å². The molecule has 4 aromatic rings. The van der Waals surface area contributed by atoms with E-state index in [1.54, 1.807) is 20.8 Å². The van der Waals surface area contributed by atoms with Crippen LogP contribution < -0.4 is 14.7 Å². The maximum Gasteiger partial charge on any atom is 0.333 e. The Morgan fingerprint density at radius 1 is 0.394 bits per heavy atom. The Labute approximate surface area is 393 Å². The molecule has 0 radical (unpaired) electrons. The van der Waals surface area contributed by atoms with Crippen LogP contribution in [-0.4, -0.2) is 72.3 Å². The van der Waals surface area contributed by atoms with Crippen molar-refractivity contribution in [2.45, 2.75) is 119 Å². The Balaban J connectivity index is 1.72. The Hall–Kier alpha value is -6.30. The second kappa shape index (κ2) is 27.9. The van der Waals surface area contributed by atoms with Crippen molar-refractivity contribution in [2.24, 2.45) is 0 Å². The van der Waals surface area contributed by atoms with Gasteiger partial charge in [0.05, 0.1) is 19.8 Å². The Morgan fingerprint density at radius 3 is 0.848 bits per heavy atom. The van der Waals surface area contributed by atoms with Gasteiger partial charge >= 0.3 is 17.9 Å². The SMILES string of the molecule is C=C(C)C(=O)OCCCCCCN(c1ccc(C)cc1)c1nc(N(CCCCCCOC(=O)C(=C)C)c2ccc(C)cc2)nc(N(CCCCCCOC(=O)C(=C)C)c2ccc(C)cc2)n1. The van der Waals surface area contributed by atoms with Crippen molar-refractivity contribution in [3.8, 4) is 0 Å². The summed E-state index contributed by atoms with van der Waals surface area (Å²) in [4.78, 5) is 58.4. The molecule has 0 saturated heterocycles. The highest BCUT2D eigenvalue weighted by molar-refractivity contribution is 5.87. The minimum atomic E-state index is -0.357. The van der Waals surface area contributed by atoms with Crippen molar-refractivity contribution >= 4 is 52.8 Å². The fourth-order valence-electron chi connectivity index (χ4n) is 6.95. The molecule has 12 nitrogen and oxygen atoms in total. The van der Waals surface area contributed by atoms with Gasteiger partial charge in [-0.25, -0.2) is 14.4 Å². The minimum Gasteiger partial charge on any atom is -0.462 e. The summed E-state index contributed by atoms with van der Waals surface area (Å²) in [6.45, 7) is 25.3. The van der Waals surface area contributed by atoms with E-state index in [4.69, 9.17) is 29.2 Å². The molecule has 0 aliphatic heterocycles. The third-order valence-electron chi connectivity index (χ3n) is 10.9. The van der Waals surface area contributed by atoms with Crippen LogP contribution in [0.2, 0.25) is 0 Å². The van der Waals surface area contributed by atoms with Gasteiger partial charge in [-0.3, -0.25) is 0 Å². The van der Waals surface area contributed by atoms with Gasteiger partial charge in [-0.2, -0.15) is 15.0 Å². The first-order valence-electron chi connectivity index (χ1n) is 23.5. The van der Waals surface area contributed by atoms with Crippen molar-refractivity contribution in [3.05, 3.63) is 126 Å². The molecule has 0 bridgehead atoms. The molecule has 0 aliphatic rings. The molecular weight excluding hydrogens is 829 g/mol. The molecule has 1 aromatic heterocycles. The highest BCUT2D eigenvalue weighted by atomic mass is 16.5. The minimum absolute atomic E-state index is 0.357. The first-order valence-corrected chi connectivity index (χ1v) is 23.5. The van der Waals surface area contributed by atoms with E-state index in [1.165, 1.54) is 0 Å². The van der Waals surface area contributed by atoms with E-state index in [9.17, 15) is 14.4 Å². The average Bonchev–Trinajstić information content (AvgIpc) is 3.29. The average molecular weight is 901 g/mol. The Bertz CT molecular complexity index is 1930. The van der Waals surface area contributed by atoms with Crippen LogP contribution in [0.3, 0.4) is 0 Å². The van der Waals surface area contributed by atoms with Crippen LogP contribution in [0.15, 0.2) is 109 Å². The van der Waals surface area contributed by atoms with E-state index < -0.39 is 0 Å². The number of aromatic nitrogens is 3. The van der Waals surface area contributed by atoms with Crippen LogP contribution in [0.1, 0.15) is 115 Å². The van der Waals surface area contributed by atoms with E-state index >= 15 is 0 Å². The number of hydrogen-bond acceptors (Lipinski definition) is 12. The number of nitrogens with zero attached hydrogens (tertiary/aromatic N) is 6. The van der Waals surface area contributed by atoms with Crippen LogP contribution >= 0.6 is 0 Å². The van der Waals surface area contributed by atoms with Crippen LogP contribution in [0, 0.1) is 20.8 Å². The first kappa shape index (κ1) is 52.3. The number of rotatable bonds is 30. The van der Waals surface area contributed by atoms with E-state index in [2.05, 4.69) is 128 Å². The van der Waals surface area contributed by atoms with Gasteiger partial charge in [0.25, 0.3) is 0 Å². The first-order chi connectivity index (χ1) is 31.7. The Morgan fingerprint density at radius 2 is 0.621 bits per heavy atom. The molecule has 4 rings (SSSR count). The van der Waals surface area contributed by atoms with Gasteiger partial charge in [-0.15, -0.1) is 0 Å². The highest BCUT2D eigenvalue weighted by Crippen LogP contribution is 2.33. The zero-order chi connectivity index (χ0) is 47.8. The van der Waals surface area contributed by atoms with Gasteiger partial charge < -0.3 is 28.9 Å². The Kier molecular flexibility index (Phi) is 22.1. The van der Waals surface area contributed by atoms with Crippen molar-refractivity contribution in [1.82, 2.24) is 15.0 Å². The van der Waals surface area contributed by atoms with E-state index in [0.717, 1.165) is 111 Å². The third kappa shape index (κ3) is 17.9. The maximum absolute atomic E-state index is 11.9. The van der Waals surface area contributed by atoms with Crippen LogP contribution in [0.25, 0.3) is 0 Å². The number of carbonyl (C=O) groups is 3. The molecular formula is C54H72N6O6. The lowest BCUT2D eigenvalue weighted by Gasteiger charge is -2.30. The van der Waals surface area contributed by atoms with Gasteiger partial charge in [-0.1, -0.05) is 92.1 Å². The number of carbonyl (C=O) groups excluding carboxylic acids is 3. The van der Waals surface area contributed by atoms with E-state index in [0.29, 0.717) is 74.0 Å². The summed E-state index contributed by atoms with van der Waals surface area (Å²) in [6.07, 6.45) is 10.3. The van der Waals surface area contributed by atoms with Crippen molar-refractivity contribution in [3.63, 3.8) is 0 Å². The van der Waals surface area contributed by atoms with Gasteiger partial charge in [-0.05, 0) is 136 Å². The van der Waals surface area contributed by atoms with Crippen molar-refractivity contribution in [2.75, 3.05) is 54.2 Å². The molecule has 66 heavy (non-hydrogen) atoms. The summed E-state index contributed by atoms with van der Waals surface area (Å²) >= 11 is 0. The van der Waals surface area contributed by atoms with E-state index in [-0.39, 0.29) is 17.9 Å². The fraction of sp³-hybridized carbons (Fsp3) is 0.444. The van der Waals surface area contributed by atoms with E-state index in [1.807, 2.05) is 0 Å². The molecule has 0 N–H and O–H groups in total. The largest absolute Gasteiger partial charge is 0.462 e. The lowest BCUT2D eigenvalue weighted by molar-refractivity contribution is -0.139. The third-order valence-corrected chi connectivity index (χ3v) is 10.9. The molecule has 12 heteroatoms. The molecule has 354 valence electrons. The molecule has 0 fully saturated rings. The number of ether oxygens (including phenoxy) is 3. The van der Waals surface area contributed by atoms with Crippen molar-refractivity contribution in [1.29, 1.82) is 0 Å². The summed E-state index contributed by atoms with van der Waals surface area (Å²) in [5.41, 5.74) is 7.59. The van der Waals surface area contributed by atoms with Crippen LogP contribution in [0.4, 0.5) is 34.9 Å². The smallest absolute Gasteiger partial charge is 0.333 e. The number of unbranched alkanes of at least 4 members (excludes halogenated alkanes) is 9. The normalized spacial score (nSPS) is 10.8. The highest BCUT2D eigenvalue weighted by Gasteiger charge is 2.24. The quantitative estimate of drug-likeness (QED) is 0.0214. The van der Waals surface area contributed by atoms with Gasteiger partial charge in [0, 0.05) is 53.4 Å². The van der Waals surface area contributed by atoms with Gasteiger partial charge in [0.15, 0.2) is 0 Å². The number of benzene rings is 3. The molecule has 0 saturated carbocycles. The zero-order valence-corrected chi connectivity index (χ0v) is 40.4. The lowest BCUT2D eigenvalue weighted by atomic mass is 10.1. The van der Waals surface area contributed by atoms with Gasteiger partial charge in [0.2, 0.25) is 17.8 Å². The molecule has 0 spiro atoms. The predicted molar refractivity (Wildman–Crippen MR) is 267 cm³/mol. The van der Waals surface area contributed by atoms with Crippen LogP contribution in [-0.2, 0) is 28.6 Å². The second-order valence-electron chi connectivity index (χ2n) is 17.2. The number of anilines is 6. The number of esters is 3. The fourth-order valence-corrected chi connectivity index (χ4v) is 6.95. The maximum atomic E-state index is 11.9. The second-order valence-corrected chi connectivity index (χ2v) is 17.2. The molecule has 0 atom stereocenters. The topological polar surface area (TPSA) is 127 Å². The lowest BCUT2D eigenvalue weighted by Crippen LogP contribution is -2.28. The summed E-state index contributed by atoms with van der Waals surface area (Å²) in [6, 6.07) is 25.4. The summed E-state index contributed by atoms with van der Waals surface area (Å²) in [5, 5.41) is 0. The standard InChI is InChI=1S/C54H72N6O6/c1-40(2)49(61)64-37-19-13-10-16-34-58(46-28-22-43(7)23-29-46)52-55-53(59(47-30-24-44(8)25-31-47)35-17-11-14-20-38-65-50(62)41(3)4)57-54(56-52)60(48-32-26-45(9)27-33-48)36-18-12-15-21-39-66-51(63)42(5)6/h22-33H,1,3,5,10-21,34-39H2,2,4,6-9H3. The summed E-state index contributed by atoms with van der Waals surface area (Å²) in [7, 11) is 0. The molecule has 0 unspecified atom stereocenters. The predicted octanol–water partition coefficient (Wildman–Crippen LogP) is 12.3.